The van der Waals surface area contributed by atoms with Gasteiger partial charge in [-0.25, -0.2) is 4.39 Å². The van der Waals surface area contributed by atoms with Crippen LogP contribution in [0.3, 0.4) is 0 Å². The van der Waals surface area contributed by atoms with E-state index in [1.54, 1.807) is 6.07 Å². The Morgan fingerprint density at radius 2 is 2.29 bits per heavy atom. The first-order valence-electron chi connectivity index (χ1n) is 6.42. The molecule has 0 saturated carbocycles. The Hall–Kier alpha value is -0.930. The molecule has 0 bridgehead atoms. The van der Waals surface area contributed by atoms with Crippen molar-refractivity contribution in [3.8, 4) is 0 Å². The van der Waals surface area contributed by atoms with E-state index in [-0.39, 0.29) is 18.0 Å². The first-order chi connectivity index (χ1) is 8.33. The van der Waals surface area contributed by atoms with Crippen molar-refractivity contribution in [1.29, 1.82) is 0 Å². The molecule has 94 valence electrons. The van der Waals surface area contributed by atoms with Crippen LogP contribution in [0.1, 0.15) is 37.8 Å². The zero-order chi connectivity index (χ0) is 12.1. The Morgan fingerprint density at radius 3 is 2.94 bits per heavy atom. The van der Waals surface area contributed by atoms with Crippen LogP contribution in [0.15, 0.2) is 24.3 Å². The maximum atomic E-state index is 13.8. The van der Waals surface area contributed by atoms with Gasteiger partial charge in [0.15, 0.2) is 0 Å². The lowest BCUT2D eigenvalue weighted by Crippen LogP contribution is -2.32. The molecule has 1 aromatic rings. The van der Waals surface area contributed by atoms with Crippen molar-refractivity contribution in [3.05, 3.63) is 35.6 Å². The number of rotatable bonds is 5. The second kappa shape index (κ2) is 6.12. The number of nitrogens with one attached hydrogen (secondary N) is 1. The van der Waals surface area contributed by atoms with Gasteiger partial charge >= 0.3 is 0 Å². The van der Waals surface area contributed by atoms with E-state index in [0.717, 1.165) is 38.0 Å². The fourth-order valence-electron chi connectivity index (χ4n) is 2.33. The third-order valence-corrected chi connectivity index (χ3v) is 3.19. The molecule has 2 unspecified atom stereocenters. The minimum absolute atomic E-state index is 0.0151. The lowest BCUT2D eigenvalue weighted by molar-refractivity contribution is 0.0771. The molecule has 2 nitrogen and oxygen atoms in total. The Morgan fingerprint density at radius 1 is 1.47 bits per heavy atom. The zero-order valence-corrected chi connectivity index (χ0v) is 10.3. The maximum Gasteiger partial charge on any atom is 0.128 e. The van der Waals surface area contributed by atoms with Gasteiger partial charge < -0.3 is 10.1 Å². The lowest BCUT2D eigenvalue weighted by Gasteiger charge is -2.25. The number of benzene rings is 1. The molecule has 0 radical (unpaired) electrons. The molecule has 0 aromatic heterocycles. The second-order valence-corrected chi connectivity index (χ2v) is 4.50. The summed E-state index contributed by atoms with van der Waals surface area (Å²) in [7, 11) is 0. The van der Waals surface area contributed by atoms with Gasteiger partial charge in [0, 0.05) is 12.2 Å². The van der Waals surface area contributed by atoms with E-state index in [2.05, 4.69) is 12.2 Å². The average molecular weight is 237 g/mol. The molecule has 0 spiro atoms. The van der Waals surface area contributed by atoms with Crippen LogP contribution in [0.4, 0.5) is 4.39 Å². The number of hydrogen-bond donors (Lipinski definition) is 1. The van der Waals surface area contributed by atoms with Crippen molar-refractivity contribution in [2.75, 3.05) is 13.2 Å². The highest BCUT2D eigenvalue weighted by atomic mass is 19.1. The summed E-state index contributed by atoms with van der Waals surface area (Å²) in [6, 6.07) is 6.97. The molecule has 1 heterocycles. The van der Waals surface area contributed by atoms with E-state index in [1.165, 1.54) is 6.07 Å². The predicted molar refractivity (Wildman–Crippen MR) is 66.4 cm³/mol. The van der Waals surface area contributed by atoms with Crippen LogP contribution in [-0.2, 0) is 4.74 Å². The summed E-state index contributed by atoms with van der Waals surface area (Å²) >= 11 is 0. The van der Waals surface area contributed by atoms with E-state index < -0.39 is 0 Å². The van der Waals surface area contributed by atoms with Crippen LogP contribution in [0.5, 0.6) is 0 Å². The summed E-state index contributed by atoms with van der Waals surface area (Å²) in [5.41, 5.74) is 0.729. The quantitative estimate of drug-likeness (QED) is 0.850. The number of hydrogen-bond acceptors (Lipinski definition) is 2. The Kier molecular flexibility index (Phi) is 4.51. The van der Waals surface area contributed by atoms with Gasteiger partial charge in [-0.15, -0.1) is 0 Å². The van der Waals surface area contributed by atoms with Crippen LogP contribution >= 0.6 is 0 Å². The Labute approximate surface area is 102 Å². The van der Waals surface area contributed by atoms with Crippen molar-refractivity contribution < 1.29 is 9.13 Å². The molecule has 1 fully saturated rings. The highest BCUT2D eigenvalue weighted by molar-refractivity contribution is 5.22. The predicted octanol–water partition coefficient (Wildman–Crippen LogP) is 3.05. The number of ether oxygens (including phenoxy) is 1. The van der Waals surface area contributed by atoms with Gasteiger partial charge in [0.2, 0.25) is 0 Å². The first kappa shape index (κ1) is 12.5. The number of halogens is 1. The highest BCUT2D eigenvalue weighted by Crippen LogP contribution is 2.28. The van der Waals surface area contributed by atoms with E-state index in [0.29, 0.717) is 0 Å². The molecule has 1 aliphatic heterocycles. The molecule has 1 aliphatic rings. The van der Waals surface area contributed by atoms with E-state index >= 15 is 0 Å². The molecule has 1 saturated heterocycles. The average Bonchev–Trinajstić information content (AvgIpc) is 2.85. The maximum absolute atomic E-state index is 13.8. The van der Waals surface area contributed by atoms with Gasteiger partial charge in [-0.3, -0.25) is 0 Å². The summed E-state index contributed by atoms with van der Waals surface area (Å²) in [6.45, 7) is 3.79. The van der Waals surface area contributed by atoms with Gasteiger partial charge in [-0.05, 0) is 31.9 Å². The van der Waals surface area contributed by atoms with Gasteiger partial charge in [-0.2, -0.15) is 0 Å². The van der Waals surface area contributed by atoms with Gasteiger partial charge in [-0.1, -0.05) is 25.1 Å². The molecule has 17 heavy (non-hydrogen) atoms. The van der Waals surface area contributed by atoms with Crippen LogP contribution in [0, 0.1) is 5.82 Å². The molecular formula is C14H20FNO. The third kappa shape index (κ3) is 3.05. The van der Waals surface area contributed by atoms with Gasteiger partial charge in [0.1, 0.15) is 5.82 Å². The van der Waals surface area contributed by atoms with Crippen molar-refractivity contribution in [2.45, 2.75) is 38.3 Å². The molecule has 0 amide bonds. The van der Waals surface area contributed by atoms with Gasteiger partial charge in [0.05, 0.1) is 12.1 Å². The second-order valence-electron chi connectivity index (χ2n) is 4.50. The third-order valence-electron chi connectivity index (χ3n) is 3.19. The summed E-state index contributed by atoms with van der Waals surface area (Å²) in [5, 5.41) is 3.40. The highest BCUT2D eigenvalue weighted by Gasteiger charge is 2.28. The van der Waals surface area contributed by atoms with Crippen molar-refractivity contribution in [2.24, 2.45) is 0 Å². The smallest absolute Gasteiger partial charge is 0.128 e. The Balaban J connectivity index is 2.16. The van der Waals surface area contributed by atoms with E-state index in [9.17, 15) is 4.39 Å². The zero-order valence-electron chi connectivity index (χ0n) is 10.3. The first-order valence-corrected chi connectivity index (χ1v) is 6.42. The van der Waals surface area contributed by atoms with Crippen LogP contribution in [0.2, 0.25) is 0 Å². The van der Waals surface area contributed by atoms with Crippen LogP contribution in [0.25, 0.3) is 0 Å². The van der Waals surface area contributed by atoms with Crippen molar-refractivity contribution in [3.63, 3.8) is 0 Å². The summed E-state index contributed by atoms with van der Waals surface area (Å²) in [4.78, 5) is 0. The van der Waals surface area contributed by atoms with Crippen LogP contribution < -0.4 is 5.32 Å². The summed E-state index contributed by atoms with van der Waals surface area (Å²) in [6.07, 6.45) is 3.23. The lowest BCUT2D eigenvalue weighted by atomic mass is 9.98. The molecule has 2 atom stereocenters. The minimum Gasteiger partial charge on any atom is -0.376 e. The summed E-state index contributed by atoms with van der Waals surface area (Å²) in [5.74, 6) is -0.142. The Bertz CT molecular complexity index is 350. The van der Waals surface area contributed by atoms with Crippen molar-refractivity contribution in [1.82, 2.24) is 5.32 Å². The fourth-order valence-corrected chi connectivity index (χ4v) is 2.33. The molecule has 2 rings (SSSR count). The monoisotopic (exact) mass is 237 g/mol. The van der Waals surface area contributed by atoms with E-state index in [1.807, 2.05) is 12.1 Å². The van der Waals surface area contributed by atoms with E-state index in [4.69, 9.17) is 4.74 Å². The standard InChI is InChI=1S/C14H20FNO/c1-2-9-16-14(13-8-5-10-17-13)11-6-3-4-7-12(11)15/h3-4,6-7,13-14,16H,2,5,8-10H2,1H3. The molecular weight excluding hydrogens is 217 g/mol. The molecule has 1 aromatic carbocycles. The fraction of sp³-hybridized carbons (Fsp3) is 0.571. The molecule has 3 heteroatoms. The SMILES string of the molecule is CCCNC(c1ccccc1F)C1CCCO1. The summed E-state index contributed by atoms with van der Waals surface area (Å²) < 4.78 is 19.5. The largest absolute Gasteiger partial charge is 0.376 e. The minimum atomic E-state index is -0.142. The topological polar surface area (TPSA) is 21.3 Å². The van der Waals surface area contributed by atoms with Gasteiger partial charge in [0.25, 0.3) is 0 Å². The molecule has 1 N–H and O–H groups in total. The van der Waals surface area contributed by atoms with Crippen LogP contribution in [-0.4, -0.2) is 19.3 Å². The normalized spacial score (nSPS) is 21.6. The molecule has 0 aliphatic carbocycles. The van der Waals surface area contributed by atoms with Crippen molar-refractivity contribution >= 4 is 0 Å².